The molecule has 0 radical (unpaired) electrons. The van der Waals surface area contributed by atoms with Crippen LogP contribution in [0.5, 0.6) is 11.5 Å². The molecule has 3 N–H and O–H groups in total. The summed E-state index contributed by atoms with van der Waals surface area (Å²) in [4.78, 5) is 7.09. The largest absolute Gasteiger partial charge is 0.497 e. The molecule has 6 nitrogen and oxygen atoms in total. The Balaban J connectivity index is 2.03. The molecule has 1 fully saturated rings. The van der Waals surface area contributed by atoms with E-state index in [0.717, 1.165) is 30.4 Å². The van der Waals surface area contributed by atoms with Gasteiger partial charge in [-0.2, -0.15) is 0 Å². The number of methoxy groups -OCH3 is 2. The summed E-state index contributed by atoms with van der Waals surface area (Å²) >= 11 is 0. The highest BCUT2D eigenvalue weighted by molar-refractivity contribution is 5.94. The van der Waals surface area contributed by atoms with Crippen molar-refractivity contribution >= 4 is 11.6 Å². The van der Waals surface area contributed by atoms with Gasteiger partial charge in [0.1, 0.15) is 11.5 Å². The molecule has 6 heteroatoms. The minimum atomic E-state index is -0.0144. The molecule has 0 aromatic heterocycles. The van der Waals surface area contributed by atoms with Crippen LogP contribution in [0.15, 0.2) is 23.2 Å². The van der Waals surface area contributed by atoms with Gasteiger partial charge in [0.25, 0.3) is 0 Å². The summed E-state index contributed by atoms with van der Waals surface area (Å²) < 4.78 is 10.6. The number of aliphatic imine (C=N–C) groups is 1. The van der Waals surface area contributed by atoms with E-state index in [4.69, 9.17) is 15.2 Å². The third kappa shape index (κ3) is 5.26. The van der Waals surface area contributed by atoms with Gasteiger partial charge in [-0.05, 0) is 51.3 Å². The van der Waals surface area contributed by atoms with Crippen LogP contribution in [-0.2, 0) is 0 Å². The molecule has 1 aromatic carbocycles. The Morgan fingerprint density at radius 2 is 2.12 bits per heavy atom. The molecule has 1 aliphatic heterocycles. The highest BCUT2D eigenvalue weighted by atomic mass is 16.5. The molecular weight excluding hydrogens is 316 g/mol. The lowest BCUT2D eigenvalue weighted by atomic mass is 9.94. The molecule has 25 heavy (non-hydrogen) atoms. The highest BCUT2D eigenvalue weighted by Crippen LogP contribution is 2.29. The van der Waals surface area contributed by atoms with Crippen molar-refractivity contribution in [3.8, 4) is 11.5 Å². The first-order chi connectivity index (χ1) is 11.9. The Kier molecular flexibility index (Phi) is 6.53. The smallest absolute Gasteiger partial charge is 0.193 e. The summed E-state index contributed by atoms with van der Waals surface area (Å²) in [6, 6.07) is 5.53. The molecule has 1 atom stereocenters. The lowest BCUT2D eigenvalue weighted by Crippen LogP contribution is -2.51. The number of nitrogens with one attached hydrogen (secondary N) is 1. The van der Waals surface area contributed by atoms with Crippen molar-refractivity contribution in [1.29, 1.82) is 0 Å². The summed E-state index contributed by atoms with van der Waals surface area (Å²) in [5, 5.41) is 3.12. The molecule has 2 rings (SSSR count). The predicted octanol–water partition coefficient (Wildman–Crippen LogP) is 2.94. The van der Waals surface area contributed by atoms with Crippen molar-refractivity contribution in [2.75, 3.05) is 39.2 Å². The standard InChI is InChI=1S/C19H32N4O2/c1-14-7-6-10-23(12-14)19(2,3)13-21-18(20)22-16-11-15(24-4)8-9-17(16)25-5/h8-9,11,14H,6-7,10,12-13H2,1-5H3,(H3,20,21,22). The van der Waals surface area contributed by atoms with Gasteiger partial charge in [0.15, 0.2) is 5.96 Å². The molecule has 1 aromatic rings. The Labute approximate surface area is 151 Å². The highest BCUT2D eigenvalue weighted by Gasteiger charge is 2.29. The van der Waals surface area contributed by atoms with Gasteiger partial charge >= 0.3 is 0 Å². The quantitative estimate of drug-likeness (QED) is 0.611. The minimum Gasteiger partial charge on any atom is -0.497 e. The fourth-order valence-electron chi connectivity index (χ4n) is 3.21. The van der Waals surface area contributed by atoms with Gasteiger partial charge < -0.3 is 20.5 Å². The topological polar surface area (TPSA) is 72.1 Å². The molecule has 0 spiro atoms. The van der Waals surface area contributed by atoms with Gasteiger partial charge in [0, 0.05) is 18.2 Å². The number of benzene rings is 1. The fraction of sp³-hybridized carbons (Fsp3) is 0.632. The lowest BCUT2D eigenvalue weighted by Gasteiger charge is -2.42. The number of ether oxygens (including phenoxy) is 2. The number of anilines is 1. The Morgan fingerprint density at radius 3 is 2.76 bits per heavy atom. The first-order valence-corrected chi connectivity index (χ1v) is 8.89. The number of hydrogen-bond acceptors (Lipinski definition) is 4. The molecular formula is C19H32N4O2. The van der Waals surface area contributed by atoms with E-state index in [-0.39, 0.29) is 5.54 Å². The van der Waals surface area contributed by atoms with Crippen molar-refractivity contribution in [1.82, 2.24) is 4.90 Å². The van der Waals surface area contributed by atoms with Gasteiger partial charge in [-0.1, -0.05) is 6.92 Å². The second-order valence-electron chi connectivity index (χ2n) is 7.40. The van der Waals surface area contributed by atoms with Crippen LogP contribution in [0.25, 0.3) is 0 Å². The average Bonchev–Trinajstić information content (AvgIpc) is 2.60. The molecule has 0 saturated carbocycles. The zero-order chi connectivity index (χ0) is 18.4. The third-order valence-electron chi connectivity index (χ3n) is 4.82. The first kappa shape index (κ1) is 19.4. The normalized spacial score (nSPS) is 19.6. The average molecular weight is 348 g/mol. The van der Waals surface area contributed by atoms with Gasteiger partial charge in [-0.3, -0.25) is 9.89 Å². The van der Waals surface area contributed by atoms with Crippen LogP contribution in [0.1, 0.15) is 33.6 Å². The van der Waals surface area contributed by atoms with Crippen LogP contribution >= 0.6 is 0 Å². The fourth-order valence-corrected chi connectivity index (χ4v) is 3.21. The van der Waals surface area contributed by atoms with E-state index >= 15 is 0 Å². The molecule has 1 heterocycles. The molecule has 1 unspecified atom stereocenters. The van der Waals surface area contributed by atoms with Gasteiger partial charge in [-0.25, -0.2) is 0 Å². The minimum absolute atomic E-state index is 0.0144. The van der Waals surface area contributed by atoms with Gasteiger partial charge in [0.05, 0.1) is 26.5 Å². The van der Waals surface area contributed by atoms with E-state index in [1.54, 1.807) is 14.2 Å². The van der Waals surface area contributed by atoms with Crippen LogP contribution in [0.2, 0.25) is 0 Å². The summed E-state index contributed by atoms with van der Waals surface area (Å²) in [6.45, 7) is 9.67. The van der Waals surface area contributed by atoms with E-state index in [1.165, 1.54) is 12.8 Å². The summed E-state index contributed by atoms with van der Waals surface area (Å²) in [5.74, 6) is 2.56. The molecule has 0 aliphatic carbocycles. The third-order valence-corrected chi connectivity index (χ3v) is 4.82. The van der Waals surface area contributed by atoms with Crippen LogP contribution < -0.4 is 20.5 Å². The van der Waals surface area contributed by atoms with E-state index in [2.05, 4.69) is 36.0 Å². The zero-order valence-corrected chi connectivity index (χ0v) is 16.1. The van der Waals surface area contributed by atoms with E-state index in [9.17, 15) is 0 Å². The predicted molar refractivity (Wildman–Crippen MR) is 104 cm³/mol. The summed E-state index contributed by atoms with van der Waals surface area (Å²) in [7, 11) is 3.26. The van der Waals surface area contributed by atoms with Gasteiger partial charge in [0.2, 0.25) is 0 Å². The van der Waals surface area contributed by atoms with E-state index in [1.807, 2.05) is 18.2 Å². The van der Waals surface area contributed by atoms with Crippen molar-refractivity contribution in [2.45, 2.75) is 39.2 Å². The van der Waals surface area contributed by atoms with E-state index < -0.39 is 0 Å². The number of piperidine rings is 1. The van der Waals surface area contributed by atoms with Crippen LogP contribution in [0, 0.1) is 5.92 Å². The van der Waals surface area contributed by atoms with Crippen molar-refractivity contribution in [3.63, 3.8) is 0 Å². The number of likely N-dealkylation sites (tertiary alicyclic amines) is 1. The summed E-state index contributed by atoms with van der Waals surface area (Å²) in [5.41, 5.74) is 6.84. The summed E-state index contributed by atoms with van der Waals surface area (Å²) in [6.07, 6.45) is 2.57. The number of hydrogen-bond donors (Lipinski definition) is 2. The number of guanidine groups is 1. The SMILES string of the molecule is COc1ccc(OC)c(NC(N)=NCC(C)(C)N2CCCC(C)C2)c1. The monoisotopic (exact) mass is 348 g/mol. The number of rotatable bonds is 6. The first-order valence-electron chi connectivity index (χ1n) is 8.89. The molecule has 1 aliphatic rings. The maximum absolute atomic E-state index is 6.11. The molecule has 0 amide bonds. The number of nitrogens with two attached hydrogens (primary N) is 1. The Hall–Kier alpha value is -1.95. The second kappa shape index (κ2) is 8.43. The van der Waals surface area contributed by atoms with Crippen LogP contribution in [-0.4, -0.2) is 50.3 Å². The van der Waals surface area contributed by atoms with Crippen molar-refractivity contribution in [2.24, 2.45) is 16.6 Å². The maximum Gasteiger partial charge on any atom is 0.193 e. The lowest BCUT2D eigenvalue weighted by molar-refractivity contribution is 0.0775. The van der Waals surface area contributed by atoms with Crippen LogP contribution in [0.3, 0.4) is 0 Å². The van der Waals surface area contributed by atoms with Crippen molar-refractivity contribution < 1.29 is 9.47 Å². The Bertz CT molecular complexity index is 601. The second-order valence-corrected chi connectivity index (χ2v) is 7.40. The maximum atomic E-state index is 6.11. The number of nitrogens with zero attached hydrogens (tertiary/aromatic N) is 2. The Morgan fingerprint density at radius 1 is 1.36 bits per heavy atom. The molecule has 140 valence electrons. The molecule has 1 saturated heterocycles. The van der Waals surface area contributed by atoms with Gasteiger partial charge in [-0.15, -0.1) is 0 Å². The van der Waals surface area contributed by atoms with E-state index in [0.29, 0.717) is 18.3 Å². The molecule has 0 bridgehead atoms. The van der Waals surface area contributed by atoms with Crippen molar-refractivity contribution in [3.05, 3.63) is 18.2 Å². The van der Waals surface area contributed by atoms with Crippen LogP contribution in [0.4, 0.5) is 5.69 Å². The zero-order valence-electron chi connectivity index (χ0n) is 16.1.